The molecule has 0 atom stereocenters. The predicted octanol–water partition coefficient (Wildman–Crippen LogP) is 3.62. The second-order valence-corrected chi connectivity index (χ2v) is 9.00. The van der Waals surface area contributed by atoms with Gasteiger partial charge in [0.15, 0.2) is 0 Å². The van der Waals surface area contributed by atoms with E-state index in [9.17, 15) is 13.2 Å². The van der Waals surface area contributed by atoms with Gasteiger partial charge in [-0.2, -0.15) is 4.31 Å². The molecular weight excluding hydrogens is 362 g/mol. The van der Waals surface area contributed by atoms with Crippen LogP contribution in [0.15, 0.2) is 47.4 Å². The highest BCUT2D eigenvalue weighted by Crippen LogP contribution is 2.29. The minimum Gasteiger partial charge on any atom is -0.426 e. The molecule has 2 aromatic rings. The van der Waals surface area contributed by atoms with Crippen molar-refractivity contribution in [1.82, 2.24) is 4.31 Å². The Morgan fingerprint density at radius 2 is 1.56 bits per heavy atom. The summed E-state index contributed by atoms with van der Waals surface area (Å²) in [5.74, 6) is 0.0643. The molecule has 0 unspecified atom stereocenters. The quantitative estimate of drug-likeness (QED) is 0.594. The van der Waals surface area contributed by atoms with E-state index in [4.69, 9.17) is 4.74 Å². The Bertz CT molecular complexity index is 930. The molecule has 6 heteroatoms. The maximum Gasteiger partial charge on any atom is 0.314 e. The first-order valence-corrected chi connectivity index (χ1v) is 10.6. The van der Waals surface area contributed by atoms with Crippen molar-refractivity contribution in [3.63, 3.8) is 0 Å². The van der Waals surface area contributed by atoms with Gasteiger partial charge >= 0.3 is 5.97 Å². The van der Waals surface area contributed by atoms with Crippen LogP contribution in [-0.4, -0.2) is 31.8 Å². The van der Waals surface area contributed by atoms with E-state index in [2.05, 4.69) is 0 Å². The maximum absolute atomic E-state index is 12.7. The lowest BCUT2D eigenvalue weighted by Crippen LogP contribution is -2.41. The highest BCUT2D eigenvalue weighted by atomic mass is 32.2. The van der Waals surface area contributed by atoms with Gasteiger partial charge in [0.05, 0.1) is 10.8 Å². The summed E-state index contributed by atoms with van der Waals surface area (Å²) in [4.78, 5) is 12.9. The fourth-order valence-electron chi connectivity index (χ4n) is 3.34. The molecular formula is C21H25NO4S. The molecule has 0 amide bonds. The van der Waals surface area contributed by atoms with Crippen LogP contribution in [0.3, 0.4) is 0 Å². The summed E-state index contributed by atoms with van der Waals surface area (Å²) in [6, 6.07) is 12.4. The van der Waals surface area contributed by atoms with Crippen LogP contribution in [-0.2, 0) is 14.8 Å². The molecule has 0 bridgehead atoms. The number of esters is 1. The van der Waals surface area contributed by atoms with E-state index < -0.39 is 10.0 Å². The highest BCUT2D eigenvalue weighted by Gasteiger charge is 2.33. The van der Waals surface area contributed by atoms with E-state index in [0.29, 0.717) is 31.7 Å². The van der Waals surface area contributed by atoms with Crippen molar-refractivity contribution < 1.29 is 17.9 Å². The van der Waals surface area contributed by atoms with Crippen molar-refractivity contribution in [2.24, 2.45) is 5.92 Å². The molecule has 3 rings (SSSR count). The maximum atomic E-state index is 12.7. The van der Waals surface area contributed by atoms with Gasteiger partial charge in [0.25, 0.3) is 0 Å². The number of ether oxygens (including phenoxy) is 1. The van der Waals surface area contributed by atoms with Gasteiger partial charge in [-0.1, -0.05) is 30.3 Å². The third kappa shape index (κ3) is 4.06. The molecule has 1 heterocycles. The second-order valence-electron chi connectivity index (χ2n) is 7.07. The van der Waals surface area contributed by atoms with Crippen LogP contribution in [0.25, 0.3) is 0 Å². The lowest BCUT2D eigenvalue weighted by molar-refractivity contribution is -0.140. The number of carbonyl (C=O) groups excluding carboxylic acids is 1. The Hall–Kier alpha value is -2.18. The number of nitrogens with zero attached hydrogens (tertiary/aromatic N) is 1. The highest BCUT2D eigenvalue weighted by molar-refractivity contribution is 7.89. The van der Waals surface area contributed by atoms with Gasteiger partial charge in [0, 0.05) is 13.1 Å². The van der Waals surface area contributed by atoms with Crippen molar-refractivity contribution >= 4 is 16.0 Å². The van der Waals surface area contributed by atoms with Gasteiger partial charge in [-0.3, -0.25) is 4.79 Å². The average molecular weight is 388 g/mol. The predicted molar refractivity (Wildman–Crippen MR) is 104 cm³/mol. The number of benzene rings is 2. The van der Waals surface area contributed by atoms with E-state index in [0.717, 1.165) is 16.7 Å². The molecule has 0 aliphatic carbocycles. The van der Waals surface area contributed by atoms with Crippen LogP contribution < -0.4 is 4.74 Å². The molecule has 0 N–H and O–H groups in total. The fraction of sp³-hybridized carbons (Fsp3) is 0.381. The molecule has 1 aliphatic heterocycles. The van der Waals surface area contributed by atoms with Gasteiger partial charge in [-0.05, 0) is 62.4 Å². The van der Waals surface area contributed by atoms with Crippen molar-refractivity contribution in [3.05, 3.63) is 59.2 Å². The summed E-state index contributed by atoms with van der Waals surface area (Å²) < 4.78 is 32.5. The SMILES string of the molecule is Cc1ccc(C)c(OC(=O)C2CCN(S(=O)(=O)c3ccccc3)CC2)c1C. The van der Waals surface area contributed by atoms with Crippen molar-refractivity contribution in [3.8, 4) is 5.75 Å². The number of hydrogen-bond acceptors (Lipinski definition) is 4. The first-order valence-electron chi connectivity index (χ1n) is 9.14. The number of aryl methyl sites for hydroxylation is 2. The number of piperidine rings is 1. The molecule has 1 saturated heterocycles. The molecule has 2 aromatic carbocycles. The Morgan fingerprint density at radius 1 is 0.963 bits per heavy atom. The van der Waals surface area contributed by atoms with Crippen molar-refractivity contribution in [2.45, 2.75) is 38.5 Å². The second kappa shape index (κ2) is 7.82. The zero-order valence-electron chi connectivity index (χ0n) is 15.9. The summed E-state index contributed by atoms with van der Waals surface area (Å²) in [5, 5.41) is 0. The van der Waals surface area contributed by atoms with E-state index in [1.54, 1.807) is 30.3 Å². The zero-order valence-corrected chi connectivity index (χ0v) is 16.8. The topological polar surface area (TPSA) is 63.7 Å². The molecule has 0 aromatic heterocycles. The van der Waals surface area contributed by atoms with Crippen LogP contribution in [0.1, 0.15) is 29.5 Å². The first-order chi connectivity index (χ1) is 12.8. The van der Waals surface area contributed by atoms with Crippen LogP contribution >= 0.6 is 0 Å². The van der Waals surface area contributed by atoms with Gasteiger partial charge in [-0.15, -0.1) is 0 Å². The van der Waals surface area contributed by atoms with E-state index in [1.165, 1.54) is 4.31 Å². The monoisotopic (exact) mass is 387 g/mol. The van der Waals surface area contributed by atoms with Gasteiger partial charge in [-0.25, -0.2) is 8.42 Å². The molecule has 144 valence electrons. The van der Waals surface area contributed by atoms with Crippen molar-refractivity contribution in [1.29, 1.82) is 0 Å². The largest absolute Gasteiger partial charge is 0.426 e. The Kier molecular flexibility index (Phi) is 5.67. The van der Waals surface area contributed by atoms with Gasteiger partial charge < -0.3 is 4.74 Å². The average Bonchev–Trinajstić information content (AvgIpc) is 2.69. The summed E-state index contributed by atoms with van der Waals surface area (Å²) >= 11 is 0. The van der Waals surface area contributed by atoms with Gasteiger partial charge in [0.1, 0.15) is 5.75 Å². The summed E-state index contributed by atoms with van der Waals surface area (Å²) in [6.07, 6.45) is 0.934. The number of sulfonamides is 1. The normalized spacial score (nSPS) is 16.3. The summed E-state index contributed by atoms with van der Waals surface area (Å²) in [6.45, 7) is 6.49. The van der Waals surface area contributed by atoms with Crippen LogP contribution in [0.2, 0.25) is 0 Å². The van der Waals surface area contributed by atoms with Crippen LogP contribution in [0.5, 0.6) is 5.75 Å². The molecule has 1 fully saturated rings. The van der Waals surface area contributed by atoms with Crippen molar-refractivity contribution in [2.75, 3.05) is 13.1 Å². The number of hydrogen-bond donors (Lipinski definition) is 0. The third-order valence-electron chi connectivity index (χ3n) is 5.24. The minimum absolute atomic E-state index is 0.274. The Labute approximate surface area is 161 Å². The van der Waals surface area contributed by atoms with E-state index in [1.807, 2.05) is 32.9 Å². The standard InChI is InChI=1S/C21H25NO4S/c1-15-9-10-16(2)20(17(15)3)26-21(23)18-11-13-22(14-12-18)27(24,25)19-7-5-4-6-8-19/h4-10,18H,11-14H2,1-3H3. The third-order valence-corrected chi connectivity index (χ3v) is 7.16. The number of carbonyl (C=O) groups is 1. The Morgan fingerprint density at radius 3 is 2.19 bits per heavy atom. The molecule has 0 saturated carbocycles. The fourth-order valence-corrected chi connectivity index (χ4v) is 4.83. The minimum atomic E-state index is -3.51. The molecule has 1 aliphatic rings. The van der Waals surface area contributed by atoms with E-state index in [-0.39, 0.29) is 16.8 Å². The Balaban J connectivity index is 1.66. The smallest absolute Gasteiger partial charge is 0.314 e. The summed E-state index contributed by atoms with van der Waals surface area (Å²) in [5.41, 5.74) is 2.97. The lowest BCUT2D eigenvalue weighted by Gasteiger charge is -2.30. The molecule has 0 spiro atoms. The number of rotatable bonds is 4. The molecule has 5 nitrogen and oxygen atoms in total. The van der Waals surface area contributed by atoms with Crippen LogP contribution in [0.4, 0.5) is 0 Å². The van der Waals surface area contributed by atoms with Crippen LogP contribution in [0, 0.1) is 26.7 Å². The zero-order chi connectivity index (χ0) is 19.6. The van der Waals surface area contributed by atoms with E-state index >= 15 is 0 Å². The molecule has 0 radical (unpaired) electrons. The summed E-state index contributed by atoms with van der Waals surface area (Å²) in [7, 11) is -3.51. The van der Waals surface area contributed by atoms with Gasteiger partial charge in [0.2, 0.25) is 10.0 Å². The molecule has 27 heavy (non-hydrogen) atoms. The lowest BCUT2D eigenvalue weighted by atomic mass is 9.98. The first kappa shape index (κ1) is 19.6.